The molecule has 0 aliphatic carbocycles. The van der Waals surface area contributed by atoms with Gasteiger partial charge >= 0.3 is 0 Å². The maximum Gasteiger partial charge on any atom is 0.239 e. The fourth-order valence-corrected chi connectivity index (χ4v) is 2.18. The lowest BCUT2D eigenvalue weighted by Gasteiger charge is -2.02. The summed E-state index contributed by atoms with van der Waals surface area (Å²) >= 11 is 1.33. The van der Waals surface area contributed by atoms with E-state index in [9.17, 15) is 9.90 Å². The second-order valence-corrected chi connectivity index (χ2v) is 5.16. The average molecular weight is 279 g/mol. The predicted molar refractivity (Wildman–Crippen MR) is 74.9 cm³/mol. The quantitative estimate of drug-likeness (QED) is 0.646. The van der Waals surface area contributed by atoms with E-state index in [0.717, 1.165) is 5.56 Å². The minimum atomic E-state index is -0.136. The number of thioether (sulfide) groups is 1. The van der Waals surface area contributed by atoms with Gasteiger partial charge < -0.3 is 15.2 Å². The third-order valence-corrected chi connectivity index (χ3v) is 3.42. The molecule has 7 heteroatoms. The van der Waals surface area contributed by atoms with Gasteiger partial charge in [-0.05, 0) is 30.7 Å². The van der Waals surface area contributed by atoms with Crippen LogP contribution in [0.2, 0.25) is 0 Å². The van der Waals surface area contributed by atoms with Gasteiger partial charge in [0.1, 0.15) is 0 Å². The van der Waals surface area contributed by atoms with Crippen LogP contribution < -0.4 is 10.1 Å². The van der Waals surface area contributed by atoms with Crippen LogP contribution in [0.5, 0.6) is 11.5 Å². The molecule has 1 fully saturated rings. The highest BCUT2D eigenvalue weighted by Crippen LogP contribution is 2.25. The molecule has 2 rings (SSSR count). The molecule has 2 N–H and O–H groups in total. The second kappa shape index (κ2) is 5.75. The highest BCUT2D eigenvalue weighted by atomic mass is 32.2. The van der Waals surface area contributed by atoms with Crippen molar-refractivity contribution < 1.29 is 14.6 Å². The minimum Gasteiger partial charge on any atom is -0.504 e. The van der Waals surface area contributed by atoms with Crippen molar-refractivity contribution in [2.45, 2.75) is 12.2 Å². The topological polar surface area (TPSA) is 83.3 Å². The van der Waals surface area contributed by atoms with Gasteiger partial charge in [0.05, 0.1) is 18.6 Å². The summed E-state index contributed by atoms with van der Waals surface area (Å²) in [5.41, 5.74) is 0.737. The van der Waals surface area contributed by atoms with E-state index in [1.165, 1.54) is 31.2 Å². The molecule has 1 aromatic carbocycles. The van der Waals surface area contributed by atoms with Crippen molar-refractivity contribution in [2.75, 3.05) is 7.11 Å². The van der Waals surface area contributed by atoms with Crippen LogP contribution in [0.4, 0.5) is 0 Å². The first-order valence-electron chi connectivity index (χ1n) is 5.55. The van der Waals surface area contributed by atoms with Crippen molar-refractivity contribution in [1.29, 1.82) is 0 Å². The molecule has 1 aliphatic heterocycles. The number of amides is 1. The van der Waals surface area contributed by atoms with Crippen molar-refractivity contribution >= 4 is 29.1 Å². The van der Waals surface area contributed by atoms with E-state index in [1.807, 2.05) is 0 Å². The molecule has 0 unspecified atom stereocenters. The molecule has 1 aliphatic rings. The van der Waals surface area contributed by atoms with Gasteiger partial charge in [0, 0.05) is 0 Å². The summed E-state index contributed by atoms with van der Waals surface area (Å²) in [6.07, 6.45) is 1.52. The third-order valence-electron chi connectivity index (χ3n) is 2.45. The normalized spacial score (nSPS) is 21.1. The van der Waals surface area contributed by atoms with Gasteiger partial charge in [-0.3, -0.25) is 4.79 Å². The highest BCUT2D eigenvalue weighted by molar-refractivity contribution is 8.15. The van der Waals surface area contributed by atoms with Crippen LogP contribution in [-0.2, 0) is 4.79 Å². The molecule has 0 radical (unpaired) electrons. The molecule has 0 saturated carbocycles. The van der Waals surface area contributed by atoms with Crippen molar-refractivity contribution in [2.24, 2.45) is 10.2 Å². The lowest BCUT2D eigenvalue weighted by molar-refractivity contribution is -0.118. The number of nitrogens with one attached hydrogen (secondary N) is 1. The van der Waals surface area contributed by atoms with Crippen molar-refractivity contribution in [3.05, 3.63) is 23.8 Å². The zero-order valence-electron chi connectivity index (χ0n) is 10.5. The van der Waals surface area contributed by atoms with Crippen LogP contribution in [0.3, 0.4) is 0 Å². The zero-order valence-corrected chi connectivity index (χ0v) is 11.3. The molecule has 100 valence electrons. The zero-order chi connectivity index (χ0) is 13.8. The Morgan fingerprint density at radius 1 is 1.53 bits per heavy atom. The number of methoxy groups -OCH3 is 1. The Morgan fingerprint density at radius 2 is 2.32 bits per heavy atom. The molecular formula is C12H13N3O3S. The van der Waals surface area contributed by atoms with Crippen LogP contribution in [0.25, 0.3) is 0 Å². The van der Waals surface area contributed by atoms with Crippen molar-refractivity contribution in [1.82, 2.24) is 5.32 Å². The first kappa shape index (κ1) is 13.4. The summed E-state index contributed by atoms with van der Waals surface area (Å²) in [5, 5.41) is 20.2. The van der Waals surface area contributed by atoms with Crippen LogP contribution >= 0.6 is 11.8 Å². The standard InChI is InChI=1S/C12H13N3O3S/c1-7-11(17)14-12(19-7)15-13-6-8-3-4-9(16)10(5-8)18-2/h3-7,16H,1-2H3,(H,14,15,17)/b13-6-/t7-/m1/s1. The maximum atomic E-state index is 11.2. The van der Waals surface area contributed by atoms with Gasteiger partial charge in [0.15, 0.2) is 16.7 Å². The number of carbonyl (C=O) groups excluding carboxylic acids is 1. The smallest absolute Gasteiger partial charge is 0.239 e. The molecule has 19 heavy (non-hydrogen) atoms. The number of carbonyl (C=O) groups is 1. The van der Waals surface area contributed by atoms with E-state index in [-0.39, 0.29) is 16.9 Å². The molecule has 6 nitrogen and oxygen atoms in total. The Kier molecular flexibility index (Phi) is 4.06. The fraction of sp³-hybridized carbons (Fsp3) is 0.250. The lowest BCUT2D eigenvalue weighted by atomic mass is 10.2. The van der Waals surface area contributed by atoms with E-state index < -0.39 is 0 Å². The number of ether oxygens (including phenoxy) is 1. The van der Waals surface area contributed by atoms with E-state index >= 15 is 0 Å². The SMILES string of the molecule is COc1cc(/C=N\N=C2\NC(=O)[C@@H](C)S2)ccc1O. The van der Waals surface area contributed by atoms with Gasteiger partial charge in [-0.25, -0.2) is 0 Å². The molecular weight excluding hydrogens is 266 g/mol. The summed E-state index contributed by atoms with van der Waals surface area (Å²) in [4.78, 5) is 11.2. The average Bonchev–Trinajstić information content (AvgIpc) is 2.71. The van der Waals surface area contributed by atoms with Crippen LogP contribution in [0.1, 0.15) is 12.5 Å². The van der Waals surface area contributed by atoms with Crippen LogP contribution in [-0.4, -0.2) is 34.8 Å². The lowest BCUT2D eigenvalue weighted by Crippen LogP contribution is -2.23. The Labute approximate surface area is 114 Å². The van der Waals surface area contributed by atoms with Gasteiger partial charge in [0.25, 0.3) is 0 Å². The third kappa shape index (κ3) is 3.25. The van der Waals surface area contributed by atoms with Crippen LogP contribution in [0, 0.1) is 0 Å². The Morgan fingerprint density at radius 3 is 2.95 bits per heavy atom. The molecule has 1 saturated heterocycles. The monoisotopic (exact) mass is 279 g/mol. The molecule has 1 heterocycles. The van der Waals surface area contributed by atoms with Crippen LogP contribution in [0.15, 0.2) is 28.4 Å². The summed E-state index contributed by atoms with van der Waals surface area (Å²) in [6, 6.07) is 4.84. The molecule has 1 aromatic rings. The largest absolute Gasteiger partial charge is 0.504 e. The minimum absolute atomic E-state index is 0.0646. The summed E-state index contributed by atoms with van der Waals surface area (Å²) in [7, 11) is 1.47. The Hall–Kier alpha value is -2.02. The van der Waals surface area contributed by atoms with E-state index in [4.69, 9.17) is 4.74 Å². The van der Waals surface area contributed by atoms with E-state index in [0.29, 0.717) is 10.9 Å². The van der Waals surface area contributed by atoms with Gasteiger partial charge in [-0.2, -0.15) is 5.10 Å². The molecule has 0 bridgehead atoms. The second-order valence-electron chi connectivity index (χ2n) is 3.83. The van der Waals surface area contributed by atoms with Crippen molar-refractivity contribution in [3.63, 3.8) is 0 Å². The fourth-order valence-electron chi connectivity index (χ4n) is 1.43. The molecule has 0 spiro atoms. The van der Waals surface area contributed by atoms with Gasteiger partial charge in [0.2, 0.25) is 5.91 Å². The predicted octanol–water partition coefficient (Wildman–Crippen LogP) is 1.34. The van der Waals surface area contributed by atoms with Gasteiger partial charge in [-0.15, -0.1) is 5.10 Å². The number of rotatable bonds is 3. The van der Waals surface area contributed by atoms with Gasteiger partial charge in [-0.1, -0.05) is 11.8 Å². The number of amidine groups is 1. The number of phenols is 1. The summed E-state index contributed by atoms with van der Waals surface area (Å²) < 4.78 is 4.98. The first-order valence-corrected chi connectivity index (χ1v) is 6.43. The number of hydrogen-bond donors (Lipinski definition) is 2. The first-order chi connectivity index (χ1) is 9.10. The summed E-state index contributed by atoms with van der Waals surface area (Å²) in [5.74, 6) is 0.373. The Bertz CT molecular complexity index is 557. The molecule has 0 aromatic heterocycles. The maximum absolute atomic E-state index is 11.2. The highest BCUT2D eigenvalue weighted by Gasteiger charge is 2.25. The number of phenolic OH excluding ortho intramolecular Hbond substituents is 1. The number of nitrogens with zero attached hydrogens (tertiary/aromatic N) is 2. The van der Waals surface area contributed by atoms with Crippen molar-refractivity contribution in [3.8, 4) is 11.5 Å². The number of hydrogen-bond acceptors (Lipinski definition) is 6. The Balaban J connectivity index is 2.07. The number of benzene rings is 1. The molecule has 1 atom stereocenters. The summed E-state index contributed by atoms with van der Waals surface area (Å²) in [6.45, 7) is 1.80. The van der Waals surface area contributed by atoms with E-state index in [2.05, 4.69) is 15.5 Å². The number of aromatic hydroxyl groups is 1. The molecule has 1 amide bonds. The van der Waals surface area contributed by atoms with E-state index in [1.54, 1.807) is 19.1 Å².